The minimum Gasteiger partial charge on any atom is -0.493 e. The maximum atomic E-state index is 12.9. The van der Waals surface area contributed by atoms with Gasteiger partial charge < -0.3 is 15.4 Å². The third-order valence-corrected chi connectivity index (χ3v) is 8.56. The average Bonchev–Trinajstić information content (AvgIpc) is 3.34. The van der Waals surface area contributed by atoms with Crippen molar-refractivity contribution in [1.82, 2.24) is 0 Å². The van der Waals surface area contributed by atoms with Crippen LogP contribution in [0.25, 0.3) is 0 Å². The number of rotatable bonds is 18. The quantitative estimate of drug-likeness (QED) is 0.114. The van der Waals surface area contributed by atoms with Crippen LogP contribution in [0.2, 0.25) is 0 Å². The molecule has 0 saturated carbocycles. The van der Waals surface area contributed by atoms with Crippen molar-refractivity contribution in [3.05, 3.63) is 70.2 Å². The number of unbranched alkanes of at least 4 members (excludes halogenated alkanes) is 11. The third kappa shape index (κ3) is 12.2. The Labute approximate surface area is 259 Å². The highest BCUT2D eigenvalue weighted by atomic mass is 32.1. The van der Waals surface area contributed by atoms with E-state index in [0.717, 1.165) is 41.2 Å². The van der Waals surface area contributed by atoms with Crippen LogP contribution in [0.4, 0.5) is 16.2 Å². The van der Waals surface area contributed by atoms with Crippen LogP contribution in [0, 0.1) is 6.92 Å². The normalized spacial score (nSPS) is 11.5. The van der Waals surface area contributed by atoms with Gasteiger partial charge in [-0.15, -0.1) is 0 Å². The van der Waals surface area contributed by atoms with Gasteiger partial charge in [0.25, 0.3) is 0 Å². The van der Waals surface area contributed by atoms with Gasteiger partial charge >= 0.3 is 6.03 Å². The largest absolute Gasteiger partial charge is 0.493 e. The smallest absolute Gasteiger partial charge is 0.323 e. The maximum absolute atomic E-state index is 12.9. The lowest BCUT2D eigenvalue weighted by Gasteiger charge is -2.23. The Bertz CT molecular complexity index is 1210. The second-order valence-electron chi connectivity index (χ2n) is 12.5. The molecule has 0 aliphatic rings. The number of carbonyl (C=O) groups is 1. The van der Waals surface area contributed by atoms with Gasteiger partial charge in [0.1, 0.15) is 5.75 Å². The highest BCUT2D eigenvalue weighted by molar-refractivity contribution is 7.09. The van der Waals surface area contributed by atoms with E-state index in [1.165, 1.54) is 75.6 Å². The molecule has 1 heterocycles. The molecule has 2 amide bonds. The zero-order chi connectivity index (χ0) is 30.2. The first kappa shape index (κ1) is 33.6. The molecule has 0 bridgehead atoms. The lowest BCUT2D eigenvalue weighted by Crippen LogP contribution is -2.34. The fraction of sp³-hybridized carbons (Fsp3) is 0.556. The topological polar surface area (TPSA) is 54.2 Å². The summed E-state index contributed by atoms with van der Waals surface area (Å²) in [7, 11) is 0. The number of urea groups is 1. The molecule has 1 aromatic heterocycles. The first-order valence-electron chi connectivity index (χ1n) is 16.1. The molecule has 2 N–H and O–H groups in total. The third-order valence-electron chi connectivity index (χ3n) is 7.72. The van der Waals surface area contributed by atoms with Gasteiger partial charge in [-0.25, -0.2) is 4.79 Å². The molecule has 3 aromatic rings. The lowest BCUT2D eigenvalue weighted by molar-refractivity contribution is -0.689. The first-order valence-corrected chi connectivity index (χ1v) is 17.0. The molecule has 3 rings (SSSR count). The number of nitrogens with one attached hydrogen (secondary N) is 2. The summed E-state index contributed by atoms with van der Waals surface area (Å²) in [4.78, 5) is 12.9. The lowest BCUT2D eigenvalue weighted by atomic mass is 9.86. The number of amides is 2. The zero-order valence-electron chi connectivity index (χ0n) is 26.8. The number of nitrogens with zero attached hydrogens (tertiary/aromatic N) is 1. The summed E-state index contributed by atoms with van der Waals surface area (Å²) in [6.45, 7) is 12.5. The number of benzene rings is 2. The molecule has 0 spiro atoms. The van der Waals surface area contributed by atoms with E-state index in [9.17, 15) is 4.79 Å². The summed E-state index contributed by atoms with van der Waals surface area (Å²) in [6, 6.07) is 13.7. The Hall–Kier alpha value is -2.86. The molecular formula is C36H54N3O2S+. The van der Waals surface area contributed by atoms with Crippen LogP contribution >= 0.6 is 11.3 Å². The van der Waals surface area contributed by atoms with Crippen molar-refractivity contribution in [3.8, 4) is 5.75 Å². The van der Waals surface area contributed by atoms with Crippen molar-refractivity contribution in [2.24, 2.45) is 0 Å². The second kappa shape index (κ2) is 17.9. The standard InChI is InChI=1S/C36H53N3O2S/c1-6-7-8-9-10-11-12-13-14-15-16-17-24-41-34-27-32(21-22-33(34)36(3,4)5)38-35(40)37-31-20-18-19-30(26-31)28-39-23-25-42-29(39)2/h18-23,25-27H,6-17,24,28H2,1-5H3,(H-,37,38,40)/p+1. The number of ether oxygens (including phenoxy) is 1. The van der Waals surface area contributed by atoms with Crippen molar-refractivity contribution in [1.29, 1.82) is 0 Å². The molecule has 0 fully saturated rings. The molecule has 230 valence electrons. The molecule has 5 nitrogen and oxygen atoms in total. The zero-order valence-corrected chi connectivity index (χ0v) is 27.6. The van der Waals surface area contributed by atoms with Gasteiger partial charge in [-0.1, -0.05) is 128 Å². The number of aromatic nitrogens is 1. The second-order valence-corrected chi connectivity index (χ2v) is 13.6. The van der Waals surface area contributed by atoms with E-state index in [4.69, 9.17) is 4.74 Å². The predicted octanol–water partition coefficient (Wildman–Crippen LogP) is 10.4. The van der Waals surface area contributed by atoms with Gasteiger partial charge in [0.2, 0.25) is 5.01 Å². The Kier molecular flexibility index (Phi) is 14.4. The molecule has 0 aliphatic carbocycles. The summed E-state index contributed by atoms with van der Waals surface area (Å²) in [5.41, 5.74) is 3.74. The van der Waals surface area contributed by atoms with Crippen LogP contribution in [-0.4, -0.2) is 12.6 Å². The Morgan fingerprint density at radius 2 is 1.45 bits per heavy atom. The van der Waals surface area contributed by atoms with Gasteiger partial charge in [-0.2, -0.15) is 4.57 Å². The van der Waals surface area contributed by atoms with Gasteiger partial charge in [-0.05, 0) is 35.6 Å². The highest BCUT2D eigenvalue weighted by Crippen LogP contribution is 2.34. The highest BCUT2D eigenvalue weighted by Gasteiger charge is 2.20. The predicted molar refractivity (Wildman–Crippen MR) is 179 cm³/mol. The summed E-state index contributed by atoms with van der Waals surface area (Å²) >= 11 is 1.73. The number of hydrogen-bond acceptors (Lipinski definition) is 3. The van der Waals surface area contributed by atoms with Gasteiger partial charge in [0, 0.05) is 29.9 Å². The van der Waals surface area contributed by atoms with E-state index in [0.29, 0.717) is 6.61 Å². The molecule has 0 aliphatic heterocycles. The van der Waals surface area contributed by atoms with E-state index in [1.54, 1.807) is 11.3 Å². The van der Waals surface area contributed by atoms with Gasteiger partial charge in [0.15, 0.2) is 12.7 Å². The van der Waals surface area contributed by atoms with Gasteiger partial charge in [-0.3, -0.25) is 0 Å². The SMILES string of the molecule is CCCCCCCCCCCCCCOc1cc(NC(=O)Nc2cccc(C[n+]3ccsc3C)c2)ccc1C(C)(C)C. The number of hydrogen-bond donors (Lipinski definition) is 2. The van der Waals surface area contributed by atoms with Crippen molar-refractivity contribution in [3.63, 3.8) is 0 Å². The van der Waals surface area contributed by atoms with Crippen LogP contribution in [0.1, 0.15) is 121 Å². The fourth-order valence-electron chi connectivity index (χ4n) is 5.24. The number of aryl methyl sites for hydroxylation is 1. The van der Waals surface area contributed by atoms with Crippen molar-refractivity contribution in [2.45, 2.75) is 124 Å². The van der Waals surface area contributed by atoms with E-state index in [1.807, 2.05) is 30.3 Å². The molecule has 0 saturated heterocycles. The Morgan fingerprint density at radius 3 is 2.05 bits per heavy atom. The van der Waals surface area contributed by atoms with Crippen molar-refractivity contribution >= 4 is 28.7 Å². The van der Waals surface area contributed by atoms with E-state index >= 15 is 0 Å². The fourth-order valence-corrected chi connectivity index (χ4v) is 5.91. The minimum absolute atomic E-state index is 0.0497. The molecule has 2 aromatic carbocycles. The summed E-state index contributed by atoms with van der Waals surface area (Å²) < 4.78 is 8.51. The van der Waals surface area contributed by atoms with Crippen molar-refractivity contribution < 1.29 is 14.1 Å². The molecular weight excluding hydrogens is 538 g/mol. The van der Waals surface area contributed by atoms with Gasteiger partial charge in [0.05, 0.1) is 12.0 Å². The van der Waals surface area contributed by atoms with Crippen LogP contribution in [0.15, 0.2) is 54.0 Å². The van der Waals surface area contributed by atoms with Crippen LogP contribution < -0.4 is 19.9 Å². The monoisotopic (exact) mass is 592 g/mol. The molecule has 0 unspecified atom stereocenters. The molecule has 0 radical (unpaired) electrons. The summed E-state index contributed by atoms with van der Waals surface area (Å²) in [5, 5.41) is 9.33. The Morgan fingerprint density at radius 1 is 0.833 bits per heavy atom. The Balaban J connectivity index is 1.44. The van der Waals surface area contributed by atoms with Crippen LogP contribution in [-0.2, 0) is 12.0 Å². The number of carbonyl (C=O) groups excluding carboxylic acids is 1. The molecule has 0 atom stereocenters. The van der Waals surface area contributed by atoms with Crippen LogP contribution in [0.5, 0.6) is 5.75 Å². The average molecular weight is 593 g/mol. The summed E-state index contributed by atoms with van der Waals surface area (Å²) in [6.07, 6.45) is 18.0. The van der Waals surface area contributed by atoms with Crippen molar-refractivity contribution in [2.75, 3.05) is 17.2 Å². The van der Waals surface area contributed by atoms with E-state index < -0.39 is 0 Å². The maximum Gasteiger partial charge on any atom is 0.323 e. The van der Waals surface area contributed by atoms with Crippen LogP contribution in [0.3, 0.4) is 0 Å². The first-order chi connectivity index (χ1) is 20.3. The van der Waals surface area contributed by atoms with E-state index in [-0.39, 0.29) is 11.4 Å². The molecule has 6 heteroatoms. The minimum atomic E-state index is -0.262. The molecule has 42 heavy (non-hydrogen) atoms. The number of anilines is 2. The number of thiazole rings is 1. The van der Waals surface area contributed by atoms with E-state index in [2.05, 4.69) is 73.5 Å². The summed E-state index contributed by atoms with van der Waals surface area (Å²) in [5.74, 6) is 0.855.